The summed E-state index contributed by atoms with van der Waals surface area (Å²) in [5.74, 6) is 0.0348. The van der Waals surface area contributed by atoms with Crippen LogP contribution < -0.4 is 15.4 Å². The zero-order valence-corrected chi connectivity index (χ0v) is 11.8. The third-order valence-electron chi connectivity index (χ3n) is 2.82. The molecule has 110 valence electrons. The van der Waals surface area contributed by atoms with E-state index < -0.39 is 11.9 Å². The van der Waals surface area contributed by atoms with E-state index in [1.54, 1.807) is 44.4 Å². The highest BCUT2D eigenvalue weighted by Gasteiger charge is 2.18. The van der Waals surface area contributed by atoms with Crippen LogP contribution in [0.4, 0.5) is 5.69 Å². The molecule has 1 atom stereocenters. The van der Waals surface area contributed by atoms with E-state index in [4.69, 9.17) is 9.15 Å². The summed E-state index contributed by atoms with van der Waals surface area (Å²) in [4.78, 5) is 23.8. The number of nitrogens with one attached hydrogen (secondary N) is 2. The Kier molecular flexibility index (Phi) is 4.61. The van der Waals surface area contributed by atoms with Gasteiger partial charge >= 0.3 is 0 Å². The number of hydrogen-bond acceptors (Lipinski definition) is 4. The Hall–Kier alpha value is -2.76. The third-order valence-corrected chi connectivity index (χ3v) is 2.82. The summed E-state index contributed by atoms with van der Waals surface area (Å²) in [6.07, 6.45) is 1.40. The van der Waals surface area contributed by atoms with Crippen molar-refractivity contribution >= 4 is 17.5 Å². The summed E-state index contributed by atoms with van der Waals surface area (Å²) in [5.41, 5.74) is 0.596. The van der Waals surface area contributed by atoms with Crippen molar-refractivity contribution in [3.8, 4) is 5.75 Å². The van der Waals surface area contributed by atoms with E-state index in [0.717, 1.165) is 0 Å². The first kappa shape index (κ1) is 14.6. The molecule has 2 amide bonds. The summed E-state index contributed by atoms with van der Waals surface area (Å²) in [6.45, 7) is 1.59. The fourth-order valence-corrected chi connectivity index (χ4v) is 1.69. The molecule has 6 heteroatoms. The van der Waals surface area contributed by atoms with Crippen LogP contribution in [0.3, 0.4) is 0 Å². The van der Waals surface area contributed by atoms with Crippen LogP contribution in [0.5, 0.6) is 5.75 Å². The lowest BCUT2D eigenvalue weighted by Crippen LogP contribution is -2.41. The maximum atomic E-state index is 12.0. The maximum Gasteiger partial charge on any atom is 0.287 e. The average molecular weight is 288 g/mol. The van der Waals surface area contributed by atoms with E-state index in [1.807, 2.05) is 0 Å². The number of benzene rings is 1. The minimum atomic E-state index is -0.700. The van der Waals surface area contributed by atoms with Gasteiger partial charge in [0.1, 0.15) is 11.8 Å². The molecule has 0 aliphatic heterocycles. The highest BCUT2D eigenvalue weighted by atomic mass is 16.5. The lowest BCUT2D eigenvalue weighted by molar-refractivity contribution is -0.117. The molecule has 2 N–H and O–H groups in total. The molecule has 0 aliphatic rings. The third kappa shape index (κ3) is 3.85. The van der Waals surface area contributed by atoms with Crippen LogP contribution in [0.1, 0.15) is 17.5 Å². The van der Waals surface area contributed by atoms with Crippen molar-refractivity contribution in [2.75, 3.05) is 12.4 Å². The Morgan fingerprint density at radius 3 is 2.71 bits per heavy atom. The van der Waals surface area contributed by atoms with E-state index in [1.165, 1.54) is 12.3 Å². The summed E-state index contributed by atoms with van der Waals surface area (Å²) in [6, 6.07) is 9.41. The molecule has 0 aliphatic carbocycles. The minimum absolute atomic E-state index is 0.163. The lowest BCUT2D eigenvalue weighted by Gasteiger charge is -2.13. The number of anilines is 1. The SMILES string of the molecule is COc1cccc(NC(=O)[C@H](C)NC(=O)c2ccco2)c1. The number of carbonyl (C=O) groups is 2. The molecule has 0 saturated carbocycles. The topological polar surface area (TPSA) is 80.6 Å². The van der Waals surface area contributed by atoms with Gasteiger partial charge in [0.15, 0.2) is 5.76 Å². The normalized spacial score (nSPS) is 11.5. The average Bonchev–Trinajstić information content (AvgIpc) is 3.01. The van der Waals surface area contributed by atoms with Crippen molar-refractivity contribution in [3.63, 3.8) is 0 Å². The van der Waals surface area contributed by atoms with Crippen LogP contribution in [0.15, 0.2) is 47.1 Å². The van der Waals surface area contributed by atoms with Gasteiger partial charge in [0, 0.05) is 11.8 Å². The lowest BCUT2D eigenvalue weighted by atomic mass is 10.2. The Morgan fingerprint density at radius 2 is 2.05 bits per heavy atom. The molecule has 0 fully saturated rings. The highest BCUT2D eigenvalue weighted by molar-refractivity contribution is 5.99. The van der Waals surface area contributed by atoms with Crippen molar-refractivity contribution < 1.29 is 18.7 Å². The van der Waals surface area contributed by atoms with Crippen LogP contribution in [-0.4, -0.2) is 25.0 Å². The molecular formula is C15H16N2O4. The Balaban J connectivity index is 1.94. The van der Waals surface area contributed by atoms with Gasteiger partial charge in [-0.3, -0.25) is 9.59 Å². The monoisotopic (exact) mass is 288 g/mol. The van der Waals surface area contributed by atoms with Gasteiger partial charge < -0.3 is 19.8 Å². The number of rotatable bonds is 5. The first-order chi connectivity index (χ1) is 10.1. The van der Waals surface area contributed by atoms with Gasteiger partial charge in [0.25, 0.3) is 5.91 Å². The van der Waals surface area contributed by atoms with Crippen molar-refractivity contribution in [2.24, 2.45) is 0 Å². The molecule has 1 aromatic carbocycles. The molecular weight excluding hydrogens is 272 g/mol. The summed E-state index contributed by atoms with van der Waals surface area (Å²) < 4.78 is 10.0. The predicted octanol–water partition coefficient (Wildman–Crippen LogP) is 2.05. The number of ether oxygens (including phenoxy) is 1. The van der Waals surface area contributed by atoms with Crippen molar-refractivity contribution in [3.05, 3.63) is 48.4 Å². The van der Waals surface area contributed by atoms with Crippen molar-refractivity contribution in [1.29, 1.82) is 0 Å². The van der Waals surface area contributed by atoms with Crippen LogP contribution in [0.25, 0.3) is 0 Å². The van der Waals surface area contributed by atoms with Gasteiger partial charge in [-0.25, -0.2) is 0 Å². The molecule has 2 rings (SSSR count). The van der Waals surface area contributed by atoms with Crippen LogP contribution >= 0.6 is 0 Å². The van der Waals surface area contributed by atoms with E-state index in [-0.39, 0.29) is 11.7 Å². The van der Waals surface area contributed by atoms with E-state index in [2.05, 4.69) is 10.6 Å². The molecule has 2 aromatic rings. The fraction of sp³-hybridized carbons (Fsp3) is 0.200. The molecule has 0 saturated heterocycles. The van der Waals surface area contributed by atoms with Gasteiger partial charge in [0.2, 0.25) is 5.91 Å². The van der Waals surface area contributed by atoms with Crippen molar-refractivity contribution in [1.82, 2.24) is 5.32 Å². The highest BCUT2D eigenvalue weighted by Crippen LogP contribution is 2.16. The second-order valence-corrected chi connectivity index (χ2v) is 4.39. The number of furan rings is 1. The maximum absolute atomic E-state index is 12.0. The zero-order chi connectivity index (χ0) is 15.2. The standard InChI is InChI=1S/C15H16N2O4/c1-10(16-15(19)13-7-4-8-21-13)14(18)17-11-5-3-6-12(9-11)20-2/h3-10H,1-2H3,(H,16,19)(H,17,18)/t10-/m0/s1. The molecule has 21 heavy (non-hydrogen) atoms. The van der Waals surface area contributed by atoms with E-state index in [0.29, 0.717) is 11.4 Å². The van der Waals surface area contributed by atoms with E-state index >= 15 is 0 Å². The van der Waals surface area contributed by atoms with Gasteiger partial charge in [0.05, 0.1) is 13.4 Å². The second-order valence-electron chi connectivity index (χ2n) is 4.39. The van der Waals surface area contributed by atoms with Crippen LogP contribution in [-0.2, 0) is 4.79 Å². The summed E-state index contributed by atoms with van der Waals surface area (Å²) in [5, 5.41) is 5.26. The quantitative estimate of drug-likeness (QED) is 0.882. The van der Waals surface area contributed by atoms with Crippen LogP contribution in [0.2, 0.25) is 0 Å². The number of amides is 2. The van der Waals surface area contributed by atoms with Gasteiger partial charge in [-0.1, -0.05) is 6.07 Å². The predicted molar refractivity (Wildman–Crippen MR) is 77.3 cm³/mol. The van der Waals surface area contributed by atoms with E-state index in [9.17, 15) is 9.59 Å². The van der Waals surface area contributed by atoms with Gasteiger partial charge in [-0.05, 0) is 31.2 Å². The van der Waals surface area contributed by atoms with Crippen molar-refractivity contribution in [2.45, 2.75) is 13.0 Å². The number of carbonyl (C=O) groups excluding carboxylic acids is 2. The van der Waals surface area contributed by atoms with Crippen LogP contribution in [0, 0.1) is 0 Å². The Labute approximate surface area is 122 Å². The molecule has 0 bridgehead atoms. The Morgan fingerprint density at radius 1 is 1.24 bits per heavy atom. The summed E-state index contributed by atoms with van der Waals surface area (Å²) >= 11 is 0. The van der Waals surface area contributed by atoms with Gasteiger partial charge in [-0.15, -0.1) is 0 Å². The minimum Gasteiger partial charge on any atom is -0.497 e. The molecule has 0 radical (unpaired) electrons. The number of hydrogen-bond donors (Lipinski definition) is 2. The second kappa shape index (κ2) is 6.60. The molecule has 1 heterocycles. The first-order valence-corrected chi connectivity index (χ1v) is 6.39. The molecule has 0 unspecified atom stereocenters. The number of methoxy groups -OCH3 is 1. The molecule has 6 nitrogen and oxygen atoms in total. The summed E-state index contributed by atoms with van der Waals surface area (Å²) in [7, 11) is 1.55. The fourth-order valence-electron chi connectivity index (χ4n) is 1.69. The largest absolute Gasteiger partial charge is 0.497 e. The Bertz CT molecular complexity index is 622. The smallest absolute Gasteiger partial charge is 0.287 e. The molecule has 0 spiro atoms. The van der Waals surface area contributed by atoms with Gasteiger partial charge in [-0.2, -0.15) is 0 Å². The molecule has 1 aromatic heterocycles. The zero-order valence-electron chi connectivity index (χ0n) is 11.8. The first-order valence-electron chi connectivity index (χ1n) is 6.39.